The Hall–Kier alpha value is -2.09. The van der Waals surface area contributed by atoms with E-state index in [1.165, 1.54) is 18.9 Å². The Morgan fingerprint density at radius 1 is 1.21 bits per heavy atom. The average Bonchev–Trinajstić information content (AvgIpc) is 3.19. The predicted octanol–water partition coefficient (Wildman–Crippen LogP) is 4.29. The van der Waals surface area contributed by atoms with Crippen LogP contribution in [0.25, 0.3) is 10.9 Å². The molecule has 2 saturated carbocycles. The quantitative estimate of drug-likeness (QED) is 0.646. The molecule has 0 aliphatic heterocycles. The molecule has 2 fully saturated rings. The molecule has 1 heterocycles. The smallest absolute Gasteiger partial charge is 0.306 e. The van der Waals surface area contributed by atoms with Crippen LogP contribution < -0.4 is 10.9 Å². The number of carboxylic acid groups (broad SMARTS) is 1. The molecule has 8 heteroatoms. The summed E-state index contributed by atoms with van der Waals surface area (Å²) < 4.78 is 14.5. The number of carboxylic acids is 1. The number of aromatic amines is 1. The van der Waals surface area contributed by atoms with Crippen LogP contribution in [-0.2, 0) is 10.5 Å². The number of halogens is 1. The maximum atomic E-state index is 14.5. The van der Waals surface area contributed by atoms with Crippen LogP contribution in [0.2, 0.25) is 0 Å². The largest absolute Gasteiger partial charge is 0.481 e. The molecule has 1 aromatic carbocycles. The van der Waals surface area contributed by atoms with Crippen molar-refractivity contribution in [2.75, 3.05) is 5.32 Å². The van der Waals surface area contributed by atoms with Crippen LogP contribution in [0.15, 0.2) is 16.9 Å². The number of thioether (sulfide) groups is 1. The summed E-state index contributed by atoms with van der Waals surface area (Å²) in [4.78, 5) is 30.7. The van der Waals surface area contributed by atoms with E-state index >= 15 is 0 Å². The van der Waals surface area contributed by atoms with Crippen molar-refractivity contribution in [2.24, 2.45) is 5.92 Å². The molecule has 0 unspecified atom stereocenters. The molecule has 156 valence electrons. The summed E-state index contributed by atoms with van der Waals surface area (Å²) in [5.74, 6) is -0.444. The first-order valence-electron chi connectivity index (χ1n) is 10.3. The third-order valence-corrected chi connectivity index (χ3v) is 7.40. The number of nitrogens with zero attached hydrogens (tertiary/aromatic N) is 1. The van der Waals surface area contributed by atoms with Gasteiger partial charge in [0.05, 0.1) is 17.2 Å². The first kappa shape index (κ1) is 20.2. The summed E-state index contributed by atoms with van der Waals surface area (Å²) in [5.41, 5.74) is 0.593. The second kappa shape index (κ2) is 8.73. The minimum Gasteiger partial charge on any atom is -0.481 e. The zero-order chi connectivity index (χ0) is 20.4. The second-order valence-electron chi connectivity index (χ2n) is 8.11. The summed E-state index contributed by atoms with van der Waals surface area (Å²) in [6.07, 6.45) is 7.60. The molecule has 3 N–H and O–H groups in total. The van der Waals surface area contributed by atoms with Crippen LogP contribution in [-0.4, -0.2) is 32.3 Å². The highest BCUT2D eigenvalue weighted by Crippen LogP contribution is 2.33. The number of hydrogen-bond acceptors (Lipinski definition) is 5. The molecule has 4 rings (SSSR count). The van der Waals surface area contributed by atoms with Crippen molar-refractivity contribution in [3.63, 3.8) is 0 Å². The number of anilines is 1. The summed E-state index contributed by atoms with van der Waals surface area (Å²) in [6.45, 7) is 0. The number of aromatic nitrogens is 2. The Bertz CT molecular complexity index is 950. The number of aliphatic carboxylic acids is 1. The lowest BCUT2D eigenvalue weighted by Gasteiger charge is -2.25. The third-order valence-electron chi connectivity index (χ3n) is 6.01. The second-order valence-corrected chi connectivity index (χ2v) is 9.40. The van der Waals surface area contributed by atoms with Crippen LogP contribution >= 0.6 is 11.8 Å². The van der Waals surface area contributed by atoms with Crippen LogP contribution in [0.4, 0.5) is 10.1 Å². The Labute approximate surface area is 172 Å². The Morgan fingerprint density at radius 2 is 1.93 bits per heavy atom. The molecule has 2 aliphatic carbocycles. The fourth-order valence-corrected chi connectivity index (χ4v) is 5.54. The Morgan fingerprint density at radius 3 is 2.62 bits per heavy atom. The highest BCUT2D eigenvalue weighted by molar-refractivity contribution is 7.99. The van der Waals surface area contributed by atoms with Gasteiger partial charge in [0.1, 0.15) is 17.0 Å². The molecule has 29 heavy (non-hydrogen) atoms. The molecule has 0 radical (unpaired) electrons. The average molecular weight is 420 g/mol. The Balaban J connectivity index is 1.47. The number of rotatable bonds is 6. The molecule has 0 saturated heterocycles. The molecular weight excluding hydrogens is 393 g/mol. The summed E-state index contributed by atoms with van der Waals surface area (Å²) in [7, 11) is 0. The highest BCUT2D eigenvalue weighted by atomic mass is 32.2. The van der Waals surface area contributed by atoms with E-state index in [0.717, 1.165) is 25.7 Å². The number of carbonyl (C=O) groups is 1. The fourth-order valence-electron chi connectivity index (χ4n) is 4.40. The first-order chi connectivity index (χ1) is 14.0. The number of H-pyrrole nitrogens is 1. The van der Waals surface area contributed by atoms with Gasteiger partial charge in [0.25, 0.3) is 5.56 Å². The lowest BCUT2D eigenvalue weighted by Crippen LogP contribution is -2.23. The maximum Gasteiger partial charge on any atom is 0.306 e. The van der Waals surface area contributed by atoms with Crippen molar-refractivity contribution in [3.05, 3.63) is 34.1 Å². The zero-order valence-corrected chi connectivity index (χ0v) is 17.1. The van der Waals surface area contributed by atoms with Gasteiger partial charge in [-0.05, 0) is 50.7 Å². The van der Waals surface area contributed by atoms with Crippen LogP contribution in [0, 0.1) is 11.7 Å². The van der Waals surface area contributed by atoms with E-state index in [0.29, 0.717) is 46.9 Å². The predicted molar refractivity (Wildman–Crippen MR) is 113 cm³/mol. The third kappa shape index (κ3) is 4.74. The van der Waals surface area contributed by atoms with Gasteiger partial charge in [0, 0.05) is 17.0 Å². The molecule has 1 aromatic heterocycles. The van der Waals surface area contributed by atoms with Gasteiger partial charge < -0.3 is 15.4 Å². The monoisotopic (exact) mass is 419 g/mol. The van der Waals surface area contributed by atoms with Gasteiger partial charge in [-0.15, -0.1) is 0 Å². The zero-order valence-electron chi connectivity index (χ0n) is 16.2. The topological polar surface area (TPSA) is 95.1 Å². The molecule has 2 aromatic rings. The highest BCUT2D eigenvalue weighted by Gasteiger charge is 2.26. The van der Waals surface area contributed by atoms with Crippen molar-refractivity contribution >= 4 is 34.3 Å². The van der Waals surface area contributed by atoms with Gasteiger partial charge in [-0.25, -0.2) is 9.37 Å². The molecule has 0 spiro atoms. The van der Waals surface area contributed by atoms with Crippen molar-refractivity contribution in [1.29, 1.82) is 0 Å². The lowest BCUT2D eigenvalue weighted by atomic mass is 9.89. The first-order valence-corrected chi connectivity index (χ1v) is 11.4. The van der Waals surface area contributed by atoms with Gasteiger partial charge in [0.15, 0.2) is 0 Å². The van der Waals surface area contributed by atoms with Crippen molar-refractivity contribution < 1.29 is 14.3 Å². The van der Waals surface area contributed by atoms with Crippen molar-refractivity contribution in [1.82, 2.24) is 9.97 Å². The molecule has 6 nitrogen and oxygen atoms in total. The van der Waals surface area contributed by atoms with Crippen LogP contribution in [0.1, 0.15) is 57.2 Å². The molecule has 2 aliphatic rings. The van der Waals surface area contributed by atoms with Crippen LogP contribution in [0.3, 0.4) is 0 Å². The molecule has 0 bridgehead atoms. The number of benzene rings is 1. The van der Waals surface area contributed by atoms with E-state index in [1.54, 1.807) is 17.8 Å². The normalized spacial score (nSPS) is 22.8. The number of fused-ring (bicyclic) bond motifs is 1. The summed E-state index contributed by atoms with van der Waals surface area (Å²) in [6, 6.07) is 3.50. The van der Waals surface area contributed by atoms with Gasteiger partial charge in [-0.1, -0.05) is 12.8 Å². The van der Waals surface area contributed by atoms with Crippen molar-refractivity contribution in [2.45, 2.75) is 68.4 Å². The minimum absolute atomic E-state index is 0.00214. The van der Waals surface area contributed by atoms with E-state index in [-0.39, 0.29) is 11.3 Å². The van der Waals surface area contributed by atoms with E-state index in [1.807, 2.05) is 0 Å². The van der Waals surface area contributed by atoms with Gasteiger partial charge >= 0.3 is 5.97 Å². The number of hydrogen-bond donors (Lipinski definition) is 3. The van der Waals surface area contributed by atoms with Crippen molar-refractivity contribution in [3.8, 4) is 0 Å². The van der Waals surface area contributed by atoms with Crippen LogP contribution in [0.5, 0.6) is 0 Å². The number of nitrogens with one attached hydrogen (secondary N) is 2. The Kier molecular flexibility index (Phi) is 6.08. The van der Waals surface area contributed by atoms with E-state index in [9.17, 15) is 14.0 Å². The lowest BCUT2D eigenvalue weighted by molar-refractivity contribution is -0.142. The summed E-state index contributed by atoms with van der Waals surface area (Å²) >= 11 is 1.68. The van der Waals surface area contributed by atoms with E-state index < -0.39 is 17.3 Å². The summed E-state index contributed by atoms with van der Waals surface area (Å²) in [5, 5.41) is 12.8. The SMILES string of the molecule is O=C(O)C1CCC(SCc2nc3cc(NC4CCCC4)cc(F)c3c(=O)[nH]2)CC1. The van der Waals surface area contributed by atoms with Gasteiger partial charge in [-0.3, -0.25) is 9.59 Å². The minimum atomic E-state index is -0.710. The van der Waals surface area contributed by atoms with Gasteiger partial charge in [0.2, 0.25) is 0 Å². The molecule has 0 atom stereocenters. The van der Waals surface area contributed by atoms with E-state index in [4.69, 9.17) is 5.11 Å². The standard InChI is InChI=1S/C21H26FN3O3S/c22-16-9-14(23-13-3-1-2-4-13)10-17-19(16)20(26)25-18(24-17)11-29-15-7-5-12(6-8-15)21(27)28/h9-10,12-13,15,23H,1-8,11H2,(H,27,28)(H,24,25,26). The molecular formula is C21H26FN3O3S. The molecule has 0 amide bonds. The fraction of sp³-hybridized carbons (Fsp3) is 0.571. The van der Waals surface area contributed by atoms with E-state index in [2.05, 4.69) is 15.3 Å². The van der Waals surface area contributed by atoms with Gasteiger partial charge in [-0.2, -0.15) is 11.8 Å². The maximum absolute atomic E-state index is 14.5.